The highest BCUT2D eigenvalue weighted by molar-refractivity contribution is 5.92. The van der Waals surface area contributed by atoms with E-state index in [1.54, 1.807) is 20.1 Å². The second-order valence-electron chi connectivity index (χ2n) is 6.88. The number of nitrogens with zero attached hydrogens (tertiary/aromatic N) is 3. The van der Waals surface area contributed by atoms with Crippen LogP contribution in [0.1, 0.15) is 35.5 Å². The highest BCUT2D eigenvalue weighted by Crippen LogP contribution is 2.24. The predicted octanol–water partition coefficient (Wildman–Crippen LogP) is 1.33. The summed E-state index contributed by atoms with van der Waals surface area (Å²) < 4.78 is 10.1. The predicted molar refractivity (Wildman–Crippen MR) is 86.4 cm³/mol. The number of likely N-dealkylation sites (tertiary alicyclic amines) is 2. The molecule has 24 heavy (non-hydrogen) atoms. The molecule has 3 heterocycles. The van der Waals surface area contributed by atoms with E-state index in [1.807, 2.05) is 9.80 Å². The van der Waals surface area contributed by atoms with E-state index in [0.717, 1.165) is 25.9 Å². The molecule has 0 bridgehead atoms. The van der Waals surface area contributed by atoms with Crippen LogP contribution in [0.3, 0.4) is 0 Å². The fourth-order valence-electron chi connectivity index (χ4n) is 3.64. The van der Waals surface area contributed by atoms with Gasteiger partial charge in [0.2, 0.25) is 5.91 Å². The number of methoxy groups -OCH3 is 1. The lowest BCUT2D eigenvalue weighted by Gasteiger charge is -2.33. The Balaban J connectivity index is 1.47. The van der Waals surface area contributed by atoms with E-state index in [0.29, 0.717) is 49.4 Å². The number of aryl methyl sites for hydroxylation is 1. The number of carbonyl (C=O) groups is 2. The lowest BCUT2D eigenvalue weighted by molar-refractivity contribution is -0.128. The quantitative estimate of drug-likeness (QED) is 0.811. The molecule has 7 heteroatoms. The molecule has 1 atom stereocenters. The normalized spacial score (nSPS) is 22.4. The lowest BCUT2D eigenvalue weighted by atomic mass is 9.96. The molecule has 0 saturated carbocycles. The Bertz CT molecular complexity index is 592. The van der Waals surface area contributed by atoms with E-state index < -0.39 is 0 Å². The van der Waals surface area contributed by atoms with Gasteiger partial charge in [0.15, 0.2) is 5.69 Å². The van der Waals surface area contributed by atoms with Crippen LogP contribution in [0.2, 0.25) is 0 Å². The highest BCUT2D eigenvalue weighted by Gasteiger charge is 2.32. The van der Waals surface area contributed by atoms with Crippen molar-refractivity contribution in [2.75, 3.05) is 39.9 Å². The second kappa shape index (κ2) is 7.34. The SMILES string of the molecule is COCC1CC(=O)N(CC2CCN(C(=O)c3cc(C)on3)CC2)C1. The average Bonchev–Trinajstić information content (AvgIpc) is 3.14. The van der Waals surface area contributed by atoms with Crippen molar-refractivity contribution in [1.82, 2.24) is 15.0 Å². The van der Waals surface area contributed by atoms with Gasteiger partial charge >= 0.3 is 0 Å². The van der Waals surface area contributed by atoms with Crippen molar-refractivity contribution in [3.8, 4) is 0 Å². The number of ether oxygens (including phenoxy) is 1. The molecule has 7 nitrogen and oxygen atoms in total. The molecule has 0 radical (unpaired) electrons. The van der Waals surface area contributed by atoms with E-state index >= 15 is 0 Å². The summed E-state index contributed by atoms with van der Waals surface area (Å²) in [5.41, 5.74) is 0.378. The lowest BCUT2D eigenvalue weighted by Crippen LogP contribution is -2.42. The maximum absolute atomic E-state index is 12.4. The first-order chi connectivity index (χ1) is 11.6. The van der Waals surface area contributed by atoms with Crippen molar-refractivity contribution >= 4 is 11.8 Å². The van der Waals surface area contributed by atoms with Crippen LogP contribution >= 0.6 is 0 Å². The molecule has 2 aliphatic heterocycles. The number of hydrogen-bond donors (Lipinski definition) is 0. The van der Waals surface area contributed by atoms with Crippen LogP contribution in [0.5, 0.6) is 0 Å². The summed E-state index contributed by atoms with van der Waals surface area (Å²) in [6, 6.07) is 1.67. The van der Waals surface area contributed by atoms with Crippen molar-refractivity contribution in [3.05, 3.63) is 17.5 Å². The minimum absolute atomic E-state index is 0.0669. The van der Waals surface area contributed by atoms with E-state index in [9.17, 15) is 9.59 Å². The van der Waals surface area contributed by atoms with Crippen molar-refractivity contribution in [2.24, 2.45) is 11.8 Å². The van der Waals surface area contributed by atoms with Crippen LogP contribution in [-0.4, -0.2) is 66.7 Å². The molecular weight excluding hydrogens is 310 g/mol. The summed E-state index contributed by atoms with van der Waals surface area (Å²) in [5.74, 6) is 1.58. The average molecular weight is 335 g/mol. The second-order valence-corrected chi connectivity index (χ2v) is 6.88. The van der Waals surface area contributed by atoms with E-state index in [4.69, 9.17) is 9.26 Å². The topological polar surface area (TPSA) is 75.9 Å². The van der Waals surface area contributed by atoms with Gasteiger partial charge in [-0.15, -0.1) is 0 Å². The maximum atomic E-state index is 12.4. The van der Waals surface area contributed by atoms with Gasteiger partial charge in [-0.25, -0.2) is 0 Å². The zero-order valence-electron chi connectivity index (χ0n) is 14.4. The molecule has 0 aliphatic carbocycles. The third-order valence-electron chi connectivity index (χ3n) is 4.92. The standard InChI is InChI=1S/C17H25N3O4/c1-12-7-15(18-24-12)17(22)19-5-3-13(4-6-19)9-20-10-14(11-23-2)8-16(20)21/h7,13-14H,3-6,8-11H2,1-2H3. The smallest absolute Gasteiger partial charge is 0.276 e. The monoisotopic (exact) mass is 335 g/mol. The third-order valence-corrected chi connectivity index (χ3v) is 4.92. The molecule has 1 aromatic heterocycles. The van der Waals surface area contributed by atoms with Crippen LogP contribution in [0, 0.1) is 18.8 Å². The number of piperidine rings is 1. The Morgan fingerprint density at radius 1 is 1.38 bits per heavy atom. The summed E-state index contributed by atoms with van der Waals surface area (Å²) in [7, 11) is 1.68. The molecule has 0 spiro atoms. The molecule has 3 rings (SSSR count). The van der Waals surface area contributed by atoms with Crippen molar-refractivity contribution in [1.29, 1.82) is 0 Å². The van der Waals surface area contributed by atoms with Gasteiger partial charge in [0.1, 0.15) is 5.76 Å². The van der Waals surface area contributed by atoms with E-state index in [2.05, 4.69) is 5.16 Å². The third kappa shape index (κ3) is 3.77. The summed E-state index contributed by atoms with van der Waals surface area (Å²) >= 11 is 0. The van der Waals surface area contributed by atoms with Crippen LogP contribution in [0.25, 0.3) is 0 Å². The molecule has 2 aliphatic rings. The van der Waals surface area contributed by atoms with Gasteiger partial charge < -0.3 is 19.1 Å². The molecule has 0 N–H and O–H groups in total. The van der Waals surface area contributed by atoms with Crippen molar-refractivity contribution in [3.63, 3.8) is 0 Å². The maximum Gasteiger partial charge on any atom is 0.276 e. The Labute approximate surface area is 141 Å². The minimum Gasteiger partial charge on any atom is -0.384 e. The van der Waals surface area contributed by atoms with E-state index in [1.165, 1.54) is 0 Å². The first-order valence-corrected chi connectivity index (χ1v) is 8.56. The molecule has 0 aromatic carbocycles. The number of rotatable bonds is 5. The number of hydrogen-bond acceptors (Lipinski definition) is 5. The molecule has 1 unspecified atom stereocenters. The first kappa shape index (κ1) is 17.0. The van der Waals surface area contributed by atoms with Gasteiger partial charge in [0, 0.05) is 51.7 Å². The van der Waals surface area contributed by atoms with Crippen LogP contribution < -0.4 is 0 Å². The summed E-state index contributed by atoms with van der Waals surface area (Å²) in [6.45, 7) is 5.43. The van der Waals surface area contributed by atoms with Crippen LogP contribution in [-0.2, 0) is 9.53 Å². The molecule has 1 aromatic rings. The molecule has 132 valence electrons. The number of carbonyl (C=O) groups excluding carboxylic acids is 2. The number of amides is 2. The zero-order chi connectivity index (χ0) is 17.1. The molecule has 2 amide bonds. The van der Waals surface area contributed by atoms with Gasteiger partial charge in [0.25, 0.3) is 5.91 Å². The van der Waals surface area contributed by atoms with Gasteiger partial charge in [-0.05, 0) is 25.7 Å². The van der Waals surface area contributed by atoms with Crippen LogP contribution in [0.4, 0.5) is 0 Å². The Morgan fingerprint density at radius 3 is 2.75 bits per heavy atom. The molecule has 2 saturated heterocycles. The number of aromatic nitrogens is 1. The fraction of sp³-hybridized carbons (Fsp3) is 0.706. The highest BCUT2D eigenvalue weighted by atomic mass is 16.5. The van der Waals surface area contributed by atoms with Gasteiger partial charge in [-0.1, -0.05) is 5.16 Å². The largest absolute Gasteiger partial charge is 0.384 e. The van der Waals surface area contributed by atoms with Gasteiger partial charge in [0.05, 0.1) is 6.61 Å². The Morgan fingerprint density at radius 2 is 2.12 bits per heavy atom. The van der Waals surface area contributed by atoms with Crippen LogP contribution in [0.15, 0.2) is 10.6 Å². The van der Waals surface area contributed by atoms with Gasteiger partial charge in [-0.2, -0.15) is 0 Å². The molecule has 2 fully saturated rings. The zero-order valence-corrected chi connectivity index (χ0v) is 14.4. The van der Waals surface area contributed by atoms with Crippen molar-refractivity contribution in [2.45, 2.75) is 26.2 Å². The summed E-state index contributed by atoms with van der Waals surface area (Å²) in [6.07, 6.45) is 2.43. The summed E-state index contributed by atoms with van der Waals surface area (Å²) in [5, 5.41) is 3.80. The minimum atomic E-state index is -0.0669. The van der Waals surface area contributed by atoms with Gasteiger partial charge in [-0.3, -0.25) is 9.59 Å². The fourth-order valence-corrected chi connectivity index (χ4v) is 3.64. The Hall–Kier alpha value is -1.89. The first-order valence-electron chi connectivity index (χ1n) is 8.56. The Kier molecular flexibility index (Phi) is 5.18. The molecular formula is C17H25N3O4. The summed E-state index contributed by atoms with van der Waals surface area (Å²) in [4.78, 5) is 28.2. The van der Waals surface area contributed by atoms with E-state index in [-0.39, 0.29) is 11.8 Å². The van der Waals surface area contributed by atoms with Crippen molar-refractivity contribution < 1.29 is 18.8 Å².